The van der Waals surface area contributed by atoms with Crippen molar-refractivity contribution in [1.29, 1.82) is 0 Å². The normalized spacial score (nSPS) is 13.9. The number of benzene rings is 2. The fraction of sp³-hybridized carbons (Fsp3) is 0.100. The van der Waals surface area contributed by atoms with Crippen molar-refractivity contribution in [2.45, 2.75) is 13.3 Å². The van der Waals surface area contributed by atoms with Gasteiger partial charge in [0, 0.05) is 16.3 Å². The number of rotatable bonds is 1. The molecule has 0 spiro atoms. The van der Waals surface area contributed by atoms with Crippen molar-refractivity contribution in [3.8, 4) is 5.69 Å². The second-order valence-electron chi connectivity index (χ2n) is 5.53. The highest BCUT2D eigenvalue weighted by molar-refractivity contribution is 5.85. The first-order valence-corrected chi connectivity index (χ1v) is 7.38. The second kappa shape index (κ2) is 4.78. The summed E-state index contributed by atoms with van der Waals surface area (Å²) in [5.41, 5.74) is 3.93. The average Bonchev–Trinajstić information content (AvgIpc) is 2.74. The number of allylic oxidation sites excluding steroid dienone is 2. The summed E-state index contributed by atoms with van der Waals surface area (Å²) < 4.78 is 2.36. The van der Waals surface area contributed by atoms with Crippen LogP contribution in [0.5, 0.6) is 0 Å². The second-order valence-corrected chi connectivity index (χ2v) is 5.53. The third kappa shape index (κ3) is 1.85. The van der Waals surface area contributed by atoms with Gasteiger partial charge in [0.25, 0.3) is 0 Å². The van der Waals surface area contributed by atoms with Crippen LogP contribution in [0, 0.1) is 0 Å². The van der Waals surface area contributed by atoms with Gasteiger partial charge in [0.05, 0.1) is 10.9 Å². The van der Waals surface area contributed by atoms with Crippen molar-refractivity contribution in [1.82, 2.24) is 4.57 Å². The minimum atomic E-state index is 1.02. The molecule has 3 aromatic rings. The van der Waals surface area contributed by atoms with Crippen LogP contribution in [-0.2, 0) is 0 Å². The fourth-order valence-electron chi connectivity index (χ4n) is 3.23. The zero-order chi connectivity index (χ0) is 14.2. The average molecular weight is 271 g/mol. The molecule has 2 aromatic carbocycles. The van der Waals surface area contributed by atoms with Crippen LogP contribution >= 0.6 is 0 Å². The highest BCUT2D eigenvalue weighted by Gasteiger charge is 2.10. The van der Waals surface area contributed by atoms with Crippen molar-refractivity contribution in [3.05, 3.63) is 77.3 Å². The van der Waals surface area contributed by atoms with Crippen LogP contribution < -0.4 is 10.6 Å². The topological polar surface area (TPSA) is 4.93 Å². The lowest BCUT2D eigenvalue weighted by atomic mass is 10.1. The first-order valence-electron chi connectivity index (χ1n) is 7.38. The lowest BCUT2D eigenvalue weighted by molar-refractivity contribution is 1.07. The number of hydrogen-bond acceptors (Lipinski definition) is 0. The van der Waals surface area contributed by atoms with E-state index in [1.807, 2.05) is 0 Å². The monoisotopic (exact) mass is 271 g/mol. The van der Waals surface area contributed by atoms with Crippen molar-refractivity contribution in [2.24, 2.45) is 0 Å². The summed E-state index contributed by atoms with van der Waals surface area (Å²) in [7, 11) is 0. The first-order chi connectivity index (χ1) is 10.4. The summed E-state index contributed by atoms with van der Waals surface area (Å²) in [4.78, 5) is 0. The molecule has 0 aliphatic heterocycles. The summed E-state index contributed by atoms with van der Waals surface area (Å²) in [5, 5.41) is 4.02. The van der Waals surface area contributed by atoms with Crippen LogP contribution in [-0.4, -0.2) is 4.57 Å². The van der Waals surface area contributed by atoms with E-state index in [4.69, 9.17) is 0 Å². The lowest BCUT2D eigenvalue weighted by Gasteiger charge is -2.05. The van der Waals surface area contributed by atoms with Crippen LogP contribution in [0.4, 0.5) is 0 Å². The van der Waals surface area contributed by atoms with Gasteiger partial charge in [0.15, 0.2) is 0 Å². The third-order valence-corrected chi connectivity index (χ3v) is 4.17. The van der Waals surface area contributed by atoms with E-state index in [-0.39, 0.29) is 0 Å². The molecule has 1 aliphatic carbocycles. The van der Waals surface area contributed by atoms with Crippen molar-refractivity contribution in [2.75, 3.05) is 0 Å². The van der Waals surface area contributed by atoms with Gasteiger partial charge in [-0.15, -0.1) is 0 Å². The lowest BCUT2D eigenvalue weighted by Crippen LogP contribution is -2.29. The molecule has 4 rings (SSSR count). The molecular weight excluding hydrogens is 254 g/mol. The minimum Gasteiger partial charge on any atom is -0.309 e. The van der Waals surface area contributed by atoms with Gasteiger partial charge in [-0.1, -0.05) is 54.1 Å². The molecule has 0 unspecified atom stereocenters. The van der Waals surface area contributed by atoms with Crippen LogP contribution in [0.15, 0.2) is 66.7 Å². The van der Waals surface area contributed by atoms with Crippen molar-refractivity contribution >= 4 is 22.6 Å². The number of para-hydroxylation sites is 2. The Morgan fingerprint density at radius 1 is 0.905 bits per heavy atom. The molecule has 21 heavy (non-hydrogen) atoms. The number of hydrogen-bond donors (Lipinski definition) is 0. The zero-order valence-corrected chi connectivity index (χ0v) is 12.1. The Labute approximate surface area is 124 Å². The Balaban J connectivity index is 2.28. The SMILES string of the molecule is CC1=c2c(n(-c3ccccc3)c3ccccc23)=CC=CC1. The van der Waals surface area contributed by atoms with Crippen LogP contribution in [0.25, 0.3) is 28.2 Å². The molecule has 0 N–H and O–H groups in total. The quantitative estimate of drug-likeness (QED) is 0.638. The van der Waals surface area contributed by atoms with Crippen LogP contribution in [0.2, 0.25) is 0 Å². The summed E-state index contributed by atoms with van der Waals surface area (Å²) in [6, 6.07) is 19.3. The van der Waals surface area contributed by atoms with E-state index in [0.717, 1.165) is 6.42 Å². The zero-order valence-electron chi connectivity index (χ0n) is 12.1. The number of nitrogens with zero attached hydrogens (tertiary/aromatic N) is 1. The van der Waals surface area contributed by atoms with E-state index in [1.165, 1.54) is 32.7 Å². The van der Waals surface area contributed by atoms with E-state index < -0.39 is 0 Å². The smallest absolute Gasteiger partial charge is 0.0541 e. The Kier molecular flexibility index (Phi) is 2.78. The fourth-order valence-corrected chi connectivity index (χ4v) is 3.23. The van der Waals surface area contributed by atoms with E-state index >= 15 is 0 Å². The Morgan fingerprint density at radius 2 is 1.67 bits per heavy atom. The van der Waals surface area contributed by atoms with E-state index in [0.29, 0.717) is 0 Å². The highest BCUT2D eigenvalue weighted by atomic mass is 15.0. The van der Waals surface area contributed by atoms with Gasteiger partial charge in [0.1, 0.15) is 0 Å². The molecule has 0 radical (unpaired) electrons. The number of aromatic nitrogens is 1. The molecule has 0 fully saturated rings. The molecular formula is C20H17N. The van der Waals surface area contributed by atoms with Gasteiger partial charge in [-0.3, -0.25) is 0 Å². The predicted octanol–water partition coefficient (Wildman–Crippen LogP) is 3.54. The Morgan fingerprint density at radius 3 is 2.52 bits per heavy atom. The number of fused-ring (bicyclic) bond motifs is 3. The van der Waals surface area contributed by atoms with Crippen molar-refractivity contribution in [3.63, 3.8) is 0 Å². The Bertz CT molecular complexity index is 956. The van der Waals surface area contributed by atoms with E-state index in [2.05, 4.69) is 84.3 Å². The summed E-state index contributed by atoms with van der Waals surface area (Å²) in [6.45, 7) is 2.24. The molecule has 0 saturated carbocycles. The molecule has 0 atom stereocenters. The minimum absolute atomic E-state index is 1.02. The largest absolute Gasteiger partial charge is 0.309 e. The highest BCUT2D eigenvalue weighted by Crippen LogP contribution is 2.16. The summed E-state index contributed by atoms with van der Waals surface area (Å²) >= 11 is 0. The maximum atomic E-state index is 2.36. The first kappa shape index (κ1) is 12.2. The molecule has 1 heterocycles. The standard InChI is InChI=1S/C20H17N/c1-15-9-5-7-14-19-20(15)17-12-6-8-13-18(17)21(19)16-10-3-2-4-11-16/h2-8,10-14H,9H2,1H3. The summed E-state index contributed by atoms with van der Waals surface area (Å²) in [5.74, 6) is 0. The third-order valence-electron chi connectivity index (χ3n) is 4.17. The summed E-state index contributed by atoms with van der Waals surface area (Å²) in [6.07, 6.45) is 7.66. The molecule has 102 valence electrons. The predicted molar refractivity (Wildman–Crippen MR) is 89.8 cm³/mol. The van der Waals surface area contributed by atoms with Gasteiger partial charge in [-0.05, 0) is 37.6 Å². The van der Waals surface area contributed by atoms with Gasteiger partial charge in [-0.25, -0.2) is 0 Å². The Hall–Kier alpha value is -2.54. The van der Waals surface area contributed by atoms with Crippen LogP contribution in [0.1, 0.15) is 13.3 Å². The molecule has 0 bridgehead atoms. The maximum Gasteiger partial charge on any atom is 0.0541 e. The molecule has 1 heteroatoms. The van der Waals surface area contributed by atoms with Gasteiger partial charge >= 0.3 is 0 Å². The van der Waals surface area contributed by atoms with E-state index in [1.54, 1.807) is 0 Å². The molecule has 0 saturated heterocycles. The molecule has 1 aliphatic rings. The van der Waals surface area contributed by atoms with Gasteiger partial charge in [-0.2, -0.15) is 0 Å². The molecule has 1 aromatic heterocycles. The van der Waals surface area contributed by atoms with Gasteiger partial charge in [0.2, 0.25) is 0 Å². The maximum absolute atomic E-state index is 2.36. The van der Waals surface area contributed by atoms with E-state index in [9.17, 15) is 0 Å². The van der Waals surface area contributed by atoms with Crippen molar-refractivity contribution < 1.29 is 0 Å². The van der Waals surface area contributed by atoms with Crippen LogP contribution in [0.3, 0.4) is 0 Å². The molecule has 1 nitrogen and oxygen atoms in total. The van der Waals surface area contributed by atoms with Gasteiger partial charge < -0.3 is 4.57 Å². The molecule has 0 amide bonds.